The minimum absolute atomic E-state index is 0.0748. The summed E-state index contributed by atoms with van der Waals surface area (Å²) in [5.74, 6) is 0.241. The lowest BCUT2D eigenvalue weighted by Crippen LogP contribution is -2.37. The predicted octanol–water partition coefficient (Wildman–Crippen LogP) is 3.76. The number of carbonyl (C=O) groups excluding carboxylic acids is 2. The molecule has 0 spiro atoms. The highest BCUT2D eigenvalue weighted by Gasteiger charge is 2.46. The van der Waals surface area contributed by atoms with Gasteiger partial charge in [0.25, 0.3) is 11.7 Å². The van der Waals surface area contributed by atoms with E-state index in [0.29, 0.717) is 55.7 Å². The van der Waals surface area contributed by atoms with Gasteiger partial charge in [0.1, 0.15) is 24.7 Å². The van der Waals surface area contributed by atoms with Gasteiger partial charge in [-0.3, -0.25) is 9.59 Å². The first-order chi connectivity index (χ1) is 17.6. The highest BCUT2D eigenvalue weighted by molar-refractivity contribution is 6.46. The molecule has 3 heterocycles. The summed E-state index contributed by atoms with van der Waals surface area (Å²) >= 11 is 0. The van der Waals surface area contributed by atoms with Gasteiger partial charge in [-0.05, 0) is 68.2 Å². The van der Waals surface area contributed by atoms with Gasteiger partial charge in [-0.2, -0.15) is 0 Å². The second kappa shape index (κ2) is 10.6. The number of Topliss-reactive ketones (excluding diaryl/α,β-unsaturated/α-hetero) is 1. The van der Waals surface area contributed by atoms with Gasteiger partial charge in [0.2, 0.25) is 0 Å². The minimum Gasteiger partial charge on any atom is -0.507 e. The molecule has 0 radical (unpaired) electrons. The highest BCUT2D eigenvalue weighted by Crippen LogP contribution is 2.41. The summed E-state index contributed by atoms with van der Waals surface area (Å²) in [4.78, 5) is 30.5. The van der Waals surface area contributed by atoms with Crippen LogP contribution in [0.1, 0.15) is 43.4 Å². The fourth-order valence-corrected chi connectivity index (χ4v) is 5.05. The second-order valence-electron chi connectivity index (χ2n) is 9.32. The molecule has 1 unspecified atom stereocenters. The Kier molecular flexibility index (Phi) is 7.13. The first-order valence-corrected chi connectivity index (χ1v) is 12.7. The number of nitrogens with zero attached hydrogens (tertiary/aromatic N) is 2. The third-order valence-electron chi connectivity index (χ3n) is 6.86. The monoisotopic (exact) mass is 492 g/mol. The Morgan fingerprint density at radius 3 is 2.58 bits per heavy atom. The van der Waals surface area contributed by atoms with Gasteiger partial charge in [0.15, 0.2) is 11.5 Å². The SMILES string of the molecule is CCCOc1cccc(C2/C(=C(\O)c3ccc4c(c3)OCCO4)C(=O)C(=O)N2CCN2CCCC2)c1. The van der Waals surface area contributed by atoms with E-state index in [1.54, 1.807) is 23.1 Å². The summed E-state index contributed by atoms with van der Waals surface area (Å²) in [5.41, 5.74) is 1.20. The lowest BCUT2D eigenvalue weighted by Gasteiger charge is -2.27. The normalized spacial score (nSPS) is 21.2. The minimum atomic E-state index is -0.717. The van der Waals surface area contributed by atoms with Crippen molar-refractivity contribution in [1.29, 1.82) is 0 Å². The number of ketones is 1. The van der Waals surface area contributed by atoms with Crippen molar-refractivity contribution in [1.82, 2.24) is 9.80 Å². The molecule has 0 saturated carbocycles. The molecule has 36 heavy (non-hydrogen) atoms. The highest BCUT2D eigenvalue weighted by atomic mass is 16.6. The summed E-state index contributed by atoms with van der Waals surface area (Å²) in [5, 5.41) is 11.4. The Morgan fingerprint density at radius 1 is 1.03 bits per heavy atom. The van der Waals surface area contributed by atoms with Crippen LogP contribution in [0.2, 0.25) is 0 Å². The summed E-state index contributed by atoms with van der Waals surface area (Å²) in [6, 6.07) is 11.8. The van der Waals surface area contributed by atoms with E-state index in [2.05, 4.69) is 4.90 Å². The average Bonchev–Trinajstić information content (AvgIpc) is 3.52. The fourth-order valence-electron chi connectivity index (χ4n) is 5.05. The second-order valence-corrected chi connectivity index (χ2v) is 9.32. The quantitative estimate of drug-likeness (QED) is 0.341. The van der Waals surface area contributed by atoms with Crippen molar-refractivity contribution in [2.45, 2.75) is 32.2 Å². The summed E-state index contributed by atoms with van der Waals surface area (Å²) in [6.45, 7) is 6.52. The number of fused-ring (bicyclic) bond motifs is 1. The molecule has 5 rings (SSSR count). The van der Waals surface area contributed by atoms with Gasteiger partial charge in [-0.25, -0.2) is 0 Å². The molecular weight excluding hydrogens is 460 g/mol. The number of benzene rings is 2. The number of aliphatic hydroxyl groups excluding tert-OH is 1. The zero-order chi connectivity index (χ0) is 25.1. The molecule has 2 fully saturated rings. The van der Waals surface area contributed by atoms with Gasteiger partial charge < -0.3 is 29.1 Å². The largest absolute Gasteiger partial charge is 0.507 e. The molecule has 0 aromatic heterocycles. The van der Waals surface area contributed by atoms with Crippen molar-refractivity contribution < 1.29 is 28.9 Å². The number of rotatable bonds is 8. The molecule has 1 N–H and O–H groups in total. The third kappa shape index (κ3) is 4.78. The van der Waals surface area contributed by atoms with E-state index in [-0.39, 0.29) is 11.3 Å². The van der Waals surface area contributed by atoms with Crippen LogP contribution in [0, 0.1) is 0 Å². The maximum atomic E-state index is 13.3. The van der Waals surface area contributed by atoms with Gasteiger partial charge >= 0.3 is 0 Å². The number of amides is 1. The predicted molar refractivity (Wildman–Crippen MR) is 134 cm³/mol. The molecular formula is C28H32N2O6. The summed E-state index contributed by atoms with van der Waals surface area (Å²) < 4.78 is 17.1. The molecule has 2 saturated heterocycles. The Hall–Kier alpha value is -3.52. The Labute approximate surface area is 211 Å². The van der Waals surface area contributed by atoms with Crippen LogP contribution >= 0.6 is 0 Å². The standard InChI is InChI=1S/C28H32N2O6/c1-2-14-34-21-7-5-6-19(17-21)25-24(26(31)20-8-9-22-23(18-20)36-16-15-35-22)27(32)28(33)30(25)13-12-29-10-3-4-11-29/h5-9,17-18,25,31H,2-4,10-16H2,1H3/b26-24+. The van der Waals surface area contributed by atoms with Gasteiger partial charge in [-0.15, -0.1) is 0 Å². The summed E-state index contributed by atoms with van der Waals surface area (Å²) in [7, 11) is 0. The van der Waals surface area contributed by atoms with E-state index in [1.807, 2.05) is 31.2 Å². The average molecular weight is 493 g/mol. The van der Waals surface area contributed by atoms with Crippen LogP contribution in [0.4, 0.5) is 0 Å². The first-order valence-electron chi connectivity index (χ1n) is 12.7. The number of hydrogen-bond acceptors (Lipinski definition) is 7. The van der Waals surface area contributed by atoms with Crippen LogP contribution < -0.4 is 14.2 Å². The molecule has 190 valence electrons. The van der Waals surface area contributed by atoms with E-state index in [0.717, 1.165) is 37.9 Å². The lowest BCUT2D eigenvalue weighted by atomic mass is 9.95. The molecule has 2 aromatic rings. The topological polar surface area (TPSA) is 88.5 Å². The molecule has 3 aliphatic rings. The Balaban J connectivity index is 1.55. The molecule has 1 atom stereocenters. The maximum Gasteiger partial charge on any atom is 0.295 e. The molecule has 8 nitrogen and oxygen atoms in total. The Bertz CT molecular complexity index is 1170. The van der Waals surface area contributed by atoms with Crippen LogP contribution in [0.25, 0.3) is 5.76 Å². The van der Waals surface area contributed by atoms with Crippen molar-refractivity contribution >= 4 is 17.4 Å². The zero-order valence-electron chi connectivity index (χ0n) is 20.6. The van der Waals surface area contributed by atoms with Crippen molar-refractivity contribution in [3.63, 3.8) is 0 Å². The van der Waals surface area contributed by atoms with Crippen LogP contribution in [0.5, 0.6) is 17.2 Å². The number of likely N-dealkylation sites (tertiary alicyclic amines) is 2. The number of hydrogen-bond donors (Lipinski definition) is 1. The number of aliphatic hydroxyl groups is 1. The van der Waals surface area contributed by atoms with Crippen LogP contribution in [-0.2, 0) is 9.59 Å². The van der Waals surface area contributed by atoms with E-state index >= 15 is 0 Å². The van der Waals surface area contributed by atoms with Crippen molar-refractivity contribution in [2.24, 2.45) is 0 Å². The first kappa shape index (κ1) is 24.2. The molecule has 3 aliphatic heterocycles. The van der Waals surface area contributed by atoms with Gasteiger partial charge in [-0.1, -0.05) is 19.1 Å². The Morgan fingerprint density at radius 2 is 1.81 bits per heavy atom. The van der Waals surface area contributed by atoms with Crippen molar-refractivity contribution in [2.75, 3.05) is 46.0 Å². The van der Waals surface area contributed by atoms with Gasteiger partial charge in [0.05, 0.1) is 18.2 Å². The third-order valence-corrected chi connectivity index (χ3v) is 6.86. The smallest absolute Gasteiger partial charge is 0.295 e. The van der Waals surface area contributed by atoms with Gasteiger partial charge in [0, 0.05) is 18.7 Å². The van der Waals surface area contributed by atoms with Crippen LogP contribution in [0.15, 0.2) is 48.0 Å². The lowest BCUT2D eigenvalue weighted by molar-refractivity contribution is -0.140. The van der Waals surface area contributed by atoms with Crippen LogP contribution in [0.3, 0.4) is 0 Å². The van der Waals surface area contributed by atoms with E-state index in [1.165, 1.54) is 0 Å². The fraction of sp³-hybridized carbons (Fsp3) is 0.429. The van der Waals surface area contributed by atoms with Crippen LogP contribution in [-0.4, -0.2) is 72.6 Å². The van der Waals surface area contributed by atoms with E-state index in [4.69, 9.17) is 14.2 Å². The molecule has 2 aromatic carbocycles. The summed E-state index contributed by atoms with van der Waals surface area (Å²) in [6.07, 6.45) is 3.15. The molecule has 1 amide bonds. The maximum absolute atomic E-state index is 13.3. The van der Waals surface area contributed by atoms with Crippen molar-refractivity contribution in [3.05, 3.63) is 59.2 Å². The number of ether oxygens (including phenoxy) is 3. The zero-order valence-corrected chi connectivity index (χ0v) is 20.6. The van der Waals surface area contributed by atoms with E-state index < -0.39 is 17.7 Å². The van der Waals surface area contributed by atoms with E-state index in [9.17, 15) is 14.7 Å². The molecule has 0 bridgehead atoms. The van der Waals surface area contributed by atoms with Crippen molar-refractivity contribution in [3.8, 4) is 17.2 Å². The molecule has 8 heteroatoms. The molecule has 0 aliphatic carbocycles. The number of carbonyl (C=O) groups is 2.